The Kier molecular flexibility index (Phi) is 4.79. The molecule has 106 valence electrons. The standard InChI is InChI=1S/C13H17F3N2O/c14-10-6-9(7-11(15)13(10)16)12(8-19)18-4-1-2-17-3-5-18/h6-7,12,17,19H,1-5,8H2. The fourth-order valence-corrected chi connectivity index (χ4v) is 2.38. The largest absolute Gasteiger partial charge is 0.394 e. The lowest BCUT2D eigenvalue weighted by atomic mass is 10.0. The molecule has 0 amide bonds. The van der Waals surface area contributed by atoms with Gasteiger partial charge in [-0.3, -0.25) is 4.90 Å². The van der Waals surface area contributed by atoms with Gasteiger partial charge in [-0.25, -0.2) is 13.2 Å². The molecule has 2 rings (SSSR count). The minimum atomic E-state index is -1.47. The van der Waals surface area contributed by atoms with Crippen molar-refractivity contribution in [1.82, 2.24) is 10.2 Å². The molecular formula is C13H17F3N2O. The van der Waals surface area contributed by atoms with E-state index in [-0.39, 0.29) is 12.2 Å². The summed E-state index contributed by atoms with van der Waals surface area (Å²) in [5.41, 5.74) is 0.265. The Hall–Kier alpha value is -1.11. The number of rotatable bonds is 3. The normalized spacial score (nSPS) is 19.2. The van der Waals surface area contributed by atoms with Crippen LogP contribution in [-0.2, 0) is 0 Å². The second-order valence-electron chi connectivity index (χ2n) is 4.64. The first-order chi connectivity index (χ1) is 9.13. The maximum Gasteiger partial charge on any atom is 0.194 e. The van der Waals surface area contributed by atoms with Gasteiger partial charge in [-0.1, -0.05) is 0 Å². The van der Waals surface area contributed by atoms with Gasteiger partial charge < -0.3 is 10.4 Å². The maximum atomic E-state index is 13.3. The summed E-state index contributed by atoms with van der Waals surface area (Å²) in [6.07, 6.45) is 0.892. The van der Waals surface area contributed by atoms with Gasteiger partial charge in [0.25, 0.3) is 0 Å². The summed E-state index contributed by atoms with van der Waals surface area (Å²) in [6.45, 7) is 2.76. The van der Waals surface area contributed by atoms with Crippen LogP contribution in [0, 0.1) is 17.5 Å². The van der Waals surface area contributed by atoms with E-state index in [4.69, 9.17) is 0 Å². The van der Waals surface area contributed by atoms with Crippen molar-refractivity contribution in [3.63, 3.8) is 0 Å². The zero-order chi connectivity index (χ0) is 13.8. The number of halogens is 3. The van der Waals surface area contributed by atoms with Crippen LogP contribution in [0.25, 0.3) is 0 Å². The highest BCUT2D eigenvalue weighted by Crippen LogP contribution is 2.24. The number of benzene rings is 1. The van der Waals surface area contributed by atoms with E-state index in [0.29, 0.717) is 6.54 Å². The van der Waals surface area contributed by atoms with Crippen LogP contribution in [0.15, 0.2) is 12.1 Å². The second-order valence-corrected chi connectivity index (χ2v) is 4.64. The highest BCUT2D eigenvalue weighted by atomic mass is 19.2. The van der Waals surface area contributed by atoms with Crippen molar-refractivity contribution in [3.05, 3.63) is 35.1 Å². The summed E-state index contributed by atoms with van der Waals surface area (Å²) in [7, 11) is 0. The molecule has 1 aliphatic heterocycles. The van der Waals surface area contributed by atoms with Crippen molar-refractivity contribution in [1.29, 1.82) is 0 Å². The number of hydrogen-bond acceptors (Lipinski definition) is 3. The van der Waals surface area contributed by atoms with Gasteiger partial charge in [-0.05, 0) is 30.7 Å². The molecular weight excluding hydrogens is 257 g/mol. The van der Waals surface area contributed by atoms with E-state index < -0.39 is 23.5 Å². The van der Waals surface area contributed by atoms with Gasteiger partial charge in [-0.2, -0.15) is 0 Å². The molecule has 1 heterocycles. The molecule has 1 saturated heterocycles. The monoisotopic (exact) mass is 274 g/mol. The molecule has 3 nitrogen and oxygen atoms in total. The number of nitrogens with zero attached hydrogens (tertiary/aromatic N) is 1. The fourth-order valence-electron chi connectivity index (χ4n) is 2.38. The predicted octanol–water partition coefficient (Wildman–Crippen LogP) is 1.43. The smallest absolute Gasteiger partial charge is 0.194 e. The van der Waals surface area contributed by atoms with Crippen LogP contribution >= 0.6 is 0 Å². The van der Waals surface area contributed by atoms with Crippen molar-refractivity contribution in [3.8, 4) is 0 Å². The van der Waals surface area contributed by atoms with Crippen molar-refractivity contribution >= 4 is 0 Å². The van der Waals surface area contributed by atoms with Gasteiger partial charge in [0.1, 0.15) is 0 Å². The lowest BCUT2D eigenvalue weighted by Crippen LogP contribution is -2.34. The van der Waals surface area contributed by atoms with Crippen LogP contribution in [0.5, 0.6) is 0 Å². The summed E-state index contributed by atoms with van der Waals surface area (Å²) >= 11 is 0. The van der Waals surface area contributed by atoms with Crippen molar-refractivity contribution in [2.24, 2.45) is 0 Å². The van der Waals surface area contributed by atoms with E-state index in [0.717, 1.165) is 38.2 Å². The third-order valence-corrected chi connectivity index (χ3v) is 3.38. The molecule has 0 spiro atoms. The summed E-state index contributed by atoms with van der Waals surface area (Å²) in [5, 5.41) is 12.7. The molecule has 1 fully saturated rings. The molecule has 1 atom stereocenters. The lowest BCUT2D eigenvalue weighted by Gasteiger charge is -2.29. The average molecular weight is 274 g/mol. The number of nitrogens with one attached hydrogen (secondary N) is 1. The van der Waals surface area contributed by atoms with Crippen LogP contribution in [0.1, 0.15) is 18.0 Å². The summed E-state index contributed by atoms with van der Waals surface area (Å²) < 4.78 is 39.5. The molecule has 0 aliphatic carbocycles. The SMILES string of the molecule is OCC(c1cc(F)c(F)c(F)c1)N1CCCNCC1. The van der Waals surface area contributed by atoms with E-state index in [2.05, 4.69) is 5.32 Å². The molecule has 2 N–H and O–H groups in total. The average Bonchev–Trinajstić information content (AvgIpc) is 2.66. The number of hydrogen-bond donors (Lipinski definition) is 2. The van der Waals surface area contributed by atoms with E-state index >= 15 is 0 Å². The van der Waals surface area contributed by atoms with Crippen LogP contribution < -0.4 is 5.32 Å². The Morgan fingerprint density at radius 3 is 2.47 bits per heavy atom. The third-order valence-electron chi connectivity index (χ3n) is 3.38. The maximum absolute atomic E-state index is 13.3. The molecule has 1 aliphatic rings. The summed E-state index contributed by atoms with van der Waals surface area (Å²) in [4.78, 5) is 1.95. The van der Waals surface area contributed by atoms with Gasteiger partial charge in [0.15, 0.2) is 17.5 Å². The minimum absolute atomic E-state index is 0.259. The van der Waals surface area contributed by atoms with E-state index in [1.807, 2.05) is 4.90 Å². The molecule has 1 aromatic carbocycles. The van der Waals surface area contributed by atoms with Gasteiger partial charge >= 0.3 is 0 Å². The molecule has 6 heteroatoms. The van der Waals surface area contributed by atoms with E-state index in [1.165, 1.54) is 0 Å². The van der Waals surface area contributed by atoms with Crippen molar-refractivity contribution < 1.29 is 18.3 Å². The first-order valence-corrected chi connectivity index (χ1v) is 6.33. The first kappa shape index (κ1) is 14.3. The lowest BCUT2D eigenvalue weighted by molar-refractivity contribution is 0.129. The molecule has 1 unspecified atom stereocenters. The number of aliphatic hydroxyl groups is 1. The predicted molar refractivity (Wildman–Crippen MR) is 65.2 cm³/mol. The second kappa shape index (κ2) is 6.36. The molecule has 0 bridgehead atoms. The molecule has 0 saturated carbocycles. The Bertz CT molecular complexity index is 411. The first-order valence-electron chi connectivity index (χ1n) is 6.33. The Morgan fingerprint density at radius 2 is 1.84 bits per heavy atom. The van der Waals surface area contributed by atoms with Crippen molar-refractivity contribution in [2.45, 2.75) is 12.5 Å². The van der Waals surface area contributed by atoms with Crippen LogP contribution in [0.4, 0.5) is 13.2 Å². The highest BCUT2D eigenvalue weighted by molar-refractivity contribution is 5.23. The van der Waals surface area contributed by atoms with Crippen molar-refractivity contribution in [2.75, 3.05) is 32.8 Å². The highest BCUT2D eigenvalue weighted by Gasteiger charge is 2.23. The zero-order valence-electron chi connectivity index (χ0n) is 10.5. The Labute approximate surface area is 110 Å². The minimum Gasteiger partial charge on any atom is -0.394 e. The third kappa shape index (κ3) is 3.26. The Morgan fingerprint density at radius 1 is 1.16 bits per heavy atom. The molecule has 19 heavy (non-hydrogen) atoms. The van der Waals surface area contributed by atoms with E-state index in [1.54, 1.807) is 0 Å². The fraction of sp³-hybridized carbons (Fsp3) is 0.538. The topological polar surface area (TPSA) is 35.5 Å². The molecule has 0 aromatic heterocycles. The van der Waals surface area contributed by atoms with Crippen LogP contribution in [-0.4, -0.2) is 42.8 Å². The molecule has 1 aromatic rings. The van der Waals surface area contributed by atoms with Gasteiger partial charge in [-0.15, -0.1) is 0 Å². The molecule has 0 radical (unpaired) electrons. The van der Waals surface area contributed by atoms with Crippen LogP contribution in [0.3, 0.4) is 0 Å². The summed E-state index contributed by atoms with van der Waals surface area (Å²) in [6, 6.07) is 1.40. The van der Waals surface area contributed by atoms with Gasteiger partial charge in [0, 0.05) is 19.6 Å². The van der Waals surface area contributed by atoms with Gasteiger partial charge in [0.2, 0.25) is 0 Å². The van der Waals surface area contributed by atoms with Gasteiger partial charge in [0.05, 0.1) is 12.6 Å². The number of aliphatic hydroxyl groups excluding tert-OH is 1. The van der Waals surface area contributed by atoms with E-state index in [9.17, 15) is 18.3 Å². The Balaban J connectivity index is 2.25. The zero-order valence-corrected chi connectivity index (χ0v) is 10.5. The van der Waals surface area contributed by atoms with Crippen LogP contribution in [0.2, 0.25) is 0 Å². The quantitative estimate of drug-likeness (QED) is 0.819. The summed E-state index contributed by atoms with van der Waals surface area (Å²) in [5.74, 6) is -3.92.